The maximum absolute atomic E-state index is 13.0. The van der Waals surface area contributed by atoms with Gasteiger partial charge in [0.1, 0.15) is 17.7 Å². The van der Waals surface area contributed by atoms with Gasteiger partial charge in [0.15, 0.2) is 5.82 Å². The molecule has 10 heteroatoms. The van der Waals surface area contributed by atoms with Crippen molar-refractivity contribution < 1.29 is 18.8 Å². The molecule has 2 aromatic carbocycles. The van der Waals surface area contributed by atoms with Crippen molar-refractivity contribution in [2.75, 3.05) is 31.8 Å². The molecule has 0 fully saturated rings. The van der Waals surface area contributed by atoms with Crippen molar-refractivity contribution in [2.45, 2.75) is 13.8 Å². The molecule has 0 bridgehead atoms. The van der Waals surface area contributed by atoms with Crippen LogP contribution in [0.4, 0.5) is 16.3 Å². The first-order chi connectivity index (χ1) is 18.9. The fraction of sp³-hybridized carbons (Fsp3) is 0.172. The number of hydrogen-bond donors (Lipinski definition) is 3. The summed E-state index contributed by atoms with van der Waals surface area (Å²) in [5.41, 5.74) is 4.90. The summed E-state index contributed by atoms with van der Waals surface area (Å²) in [6.07, 6.45) is 5.00. The highest BCUT2D eigenvalue weighted by atomic mass is 16.5. The zero-order valence-electron chi connectivity index (χ0n) is 22.4. The Morgan fingerprint density at radius 1 is 0.974 bits per heavy atom. The van der Waals surface area contributed by atoms with Crippen LogP contribution in [0.15, 0.2) is 77.8 Å². The molecule has 3 aromatic heterocycles. The number of aromatic nitrogens is 3. The lowest BCUT2D eigenvalue weighted by Gasteiger charge is -2.16. The van der Waals surface area contributed by atoms with Crippen LogP contribution in [0.1, 0.15) is 24.2 Å². The average molecular weight is 527 g/mol. The predicted molar refractivity (Wildman–Crippen MR) is 152 cm³/mol. The van der Waals surface area contributed by atoms with Crippen LogP contribution < -0.4 is 15.4 Å². The lowest BCUT2D eigenvalue weighted by atomic mass is 9.99. The zero-order valence-corrected chi connectivity index (χ0v) is 22.4. The maximum atomic E-state index is 13.0. The van der Waals surface area contributed by atoms with Crippen molar-refractivity contribution in [2.24, 2.45) is 0 Å². The number of amides is 3. The van der Waals surface area contributed by atoms with Crippen molar-refractivity contribution in [1.29, 1.82) is 0 Å². The molecule has 0 saturated heterocycles. The Balaban J connectivity index is 0.00000172. The molecule has 3 amide bonds. The van der Waals surface area contributed by atoms with Gasteiger partial charge in [-0.3, -0.25) is 10.1 Å². The van der Waals surface area contributed by atoms with E-state index in [-0.39, 0.29) is 11.7 Å². The summed E-state index contributed by atoms with van der Waals surface area (Å²) >= 11 is 0. The molecular formula is C29H30N6O4. The van der Waals surface area contributed by atoms with E-state index in [1.54, 1.807) is 39.5 Å². The van der Waals surface area contributed by atoms with Gasteiger partial charge in [0.2, 0.25) is 0 Å². The first-order valence-corrected chi connectivity index (χ1v) is 12.4. The highest BCUT2D eigenvalue weighted by Crippen LogP contribution is 2.36. The summed E-state index contributed by atoms with van der Waals surface area (Å²) < 4.78 is 10.3. The number of benzene rings is 2. The van der Waals surface area contributed by atoms with Crippen LogP contribution in [0.2, 0.25) is 0 Å². The van der Waals surface area contributed by atoms with Gasteiger partial charge in [-0.25, -0.2) is 9.78 Å². The van der Waals surface area contributed by atoms with E-state index in [0.29, 0.717) is 11.3 Å². The minimum Gasteiger partial charge on any atom is -0.496 e. The molecule has 3 heterocycles. The van der Waals surface area contributed by atoms with Crippen molar-refractivity contribution in [3.05, 3.63) is 78.8 Å². The minimum absolute atomic E-state index is 0.256. The van der Waals surface area contributed by atoms with Gasteiger partial charge >= 0.3 is 6.03 Å². The Bertz CT molecular complexity index is 1590. The third kappa shape index (κ3) is 5.74. The monoisotopic (exact) mass is 526 g/mol. The third-order valence-corrected chi connectivity index (χ3v) is 5.85. The summed E-state index contributed by atoms with van der Waals surface area (Å²) in [5.74, 6) is 0.752. The predicted octanol–water partition coefficient (Wildman–Crippen LogP) is 6.27. The number of aromatic amines is 1. The number of para-hydroxylation sites is 1. The number of H-pyrrole nitrogens is 1. The molecule has 5 rings (SSSR count). The van der Waals surface area contributed by atoms with Crippen LogP contribution in [0, 0.1) is 0 Å². The molecule has 5 aromatic rings. The Kier molecular flexibility index (Phi) is 8.25. The van der Waals surface area contributed by atoms with Crippen molar-refractivity contribution in [1.82, 2.24) is 20.0 Å². The van der Waals surface area contributed by atoms with Gasteiger partial charge in [0.05, 0.1) is 18.4 Å². The number of anilines is 2. The van der Waals surface area contributed by atoms with Crippen LogP contribution in [-0.4, -0.2) is 53.2 Å². The topological polar surface area (TPSA) is 125 Å². The van der Waals surface area contributed by atoms with Gasteiger partial charge in [0, 0.05) is 54.6 Å². The summed E-state index contributed by atoms with van der Waals surface area (Å²) in [5, 5.41) is 9.85. The van der Waals surface area contributed by atoms with E-state index in [1.165, 1.54) is 17.2 Å². The number of ether oxygens (including phenoxy) is 1. The number of pyridine rings is 1. The van der Waals surface area contributed by atoms with E-state index < -0.39 is 6.03 Å². The Hall–Kier alpha value is -5.12. The maximum Gasteiger partial charge on any atom is 0.324 e. The Morgan fingerprint density at radius 3 is 2.49 bits per heavy atom. The standard InChI is InChI=1S/C27H24N6O4.C2H6/c1-33(2)26(34)20-12-16(8-9-22(20)30-27(35)31-24-10-11-37-32-24)17-13-19-21(15-29-25(19)28-14-17)18-6-4-5-7-23(18)36-3;1-2/h4-15H,1-3H3,(H,28,29)(H2,30,31,32,35);1-2H3. The summed E-state index contributed by atoms with van der Waals surface area (Å²) in [6.45, 7) is 4.00. The molecule has 3 N–H and O–H groups in total. The quantitative estimate of drug-likeness (QED) is 0.240. The van der Waals surface area contributed by atoms with Gasteiger partial charge in [-0.15, -0.1) is 0 Å². The van der Waals surface area contributed by atoms with E-state index >= 15 is 0 Å². The summed E-state index contributed by atoms with van der Waals surface area (Å²) in [7, 11) is 4.95. The summed E-state index contributed by atoms with van der Waals surface area (Å²) in [4.78, 5) is 34.8. The van der Waals surface area contributed by atoms with Gasteiger partial charge in [-0.1, -0.05) is 43.3 Å². The third-order valence-electron chi connectivity index (χ3n) is 5.85. The average Bonchev–Trinajstić information content (AvgIpc) is 3.63. The van der Waals surface area contributed by atoms with E-state index in [2.05, 4.69) is 25.8 Å². The van der Waals surface area contributed by atoms with Gasteiger partial charge in [0.25, 0.3) is 5.91 Å². The van der Waals surface area contributed by atoms with Crippen molar-refractivity contribution in [3.8, 4) is 28.0 Å². The normalized spacial score (nSPS) is 10.4. The van der Waals surface area contributed by atoms with Crippen LogP contribution in [0.5, 0.6) is 5.75 Å². The SMILES string of the molecule is CC.COc1ccccc1-c1c[nH]c2ncc(-c3ccc(NC(=O)Nc4ccon4)c(C(=O)N(C)C)c3)cc12. The largest absolute Gasteiger partial charge is 0.496 e. The number of urea groups is 1. The number of hydrogen-bond acceptors (Lipinski definition) is 6. The molecule has 39 heavy (non-hydrogen) atoms. The second-order valence-corrected chi connectivity index (χ2v) is 8.45. The zero-order chi connectivity index (χ0) is 27.9. The number of nitrogens with zero attached hydrogens (tertiary/aromatic N) is 3. The molecule has 0 saturated carbocycles. The molecule has 0 aliphatic heterocycles. The molecule has 200 valence electrons. The number of rotatable bonds is 6. The lowest BCUT2D eigenvalue weighted by molar-refractivity contribution is 0.0828. The van der Waals surface area contributed by atoms with Crippen molar-refractivity contribution in [3.63, 3.8) is 0 Å². The van der Waals surface area contributed by atoms with Crippen molar-refractivity contribution >= 4 is 34.5 Å². The second-order valence-electron chi connectivity index (χ2n) is 8.45. The second kappa shape index (κ2) is 12.0. The van der Waals surface area contributed by atoms with Crippen LogP contribution >= 0.6 is 0 Å². The smallest absolute Gasteiger partial charge is 0.324 e. The molecular weight excluding hydrogens is 496 g/mol. The molecule has 0 aliphatic carbocycles. The van der Waals surface area contributed by atoms with Crippen LogP contribution in [0.3, 0.4) is 0 Å². The Morgan fingerprint density at radius 2 is 1.77 bits per heavy atom. The van der Waals surface area contributed by atoms with Crippen LogP contribution in [0.25, 0.3) is 33.3 Å². The number of methoxy groups -OCH3 is 1. The van der Waals surface area contributed by atoms with E-state index in [4.69, 9.17) is 9.26 Å². The highest BCUT2D eigenvalue weighted by molar-refractivity contribution is 6.07. The number of fused-ring (bicyclic) bond motifs is 1. The minimum atomic E-state index is -0.550. The fourth-order valence-corrected chi connectivity index (χ4v) is 4.05. The highest BCUT2D eigenvalue weighted by Gasteiger charge is 2.18. The van der Waals surface area contributed by atoms with Gasteiger partial charge in [-0.05, 0) is 29.8 Å². The molecule has 0 unspecified atom stereocenters. The van der Waals surface area contributed by atoms with E-state index in [1.807, 2.05) is 56.4 Å². The first-order valence-electron chi connectivity index (χ1n) is 12.4. The van der Waals surface area contributed by atoms with E-state index in [9.17, 15) is 9.59 Å². The summed E-state index contributed by atoms with van der Waals surface area (Å²) in [6, 6.07) is 16.0. The number of nitrogens with one attached hydrogen (secondary N) is 3. The number of carbonyl (C=O) groups excluding carboxylic acids is 2. The molecule has 10 nitrogen and oxygen atoms in total. The molecule has 0 atom stereocenters. The first kappa shape index (κ1) is 26.9. The number of carbonyl (C=O) groups is 2. The molecule has 0 radical (unpaired) electrons. The van der Waals surface area contributed by atoms with Crippen LogP contribution in [-0.2, 0) is 0 Å². The Labute approximate surface area is 226 Å². The van der Waals surface area contributed by atoms with Gasteiger partial charge < -0.3 is 24.5 Å². The van der Waals surface area contributed by atoms with Gasteiger partial charge in [-0.2, -0.15) is 0 Å². The molecule has 0 aliphatic rings. The molecule has 0 spiro atoms. The van der Waals surface area contributed by atoms with E-state index in [0.717, 1.165) is 39.0 Å². The lowest BCUT2D eigenvalue weighted by Crippen LogP contribution is -2.25. The fourth-order valence-electron chi connectivity index (χ4n) is 4.05.